The molecule has 5 nitrogen and oxygen atoms in total. The van der Waals surface area contributed by atoms with Crippen molar-refractivity contribution in [1.82, 2.24) is 4.98 Å². The summed E-state index contributed by atoms with van der Waals surface area (Å²) in [6.07, 6.45) is 2.10. The second-order valence-corrected chi connectivity index (χ2v) is 10.5. The van der Waals surface area contributed by atoms with Crippen LogP contribution >= 0.6 is 0 Å². The molecule has 2 heterocycles. The maximum absolute atomic E-state index is 11.8. The zero-order valence-electron chi connectivity index (χ0n) is 21.5. The van der Waals surface area contributed by atoms with Crippen LogP contribution in [0.4, 0.5) is 5.69 Å². The first-order valence-electron chi connectivity index (χ1n) is 12.4. The van der Waals surface area contributed by atoms with Crippen molar-refractivity contribution in [1.29, 1.82) is 0 Å². The lowest BCUT2D eigenvalue weighted by atomic mass is 9.82. The van der Waals surface area contributed by atoms with Gasteiger partial charge in [-0.05, 0) is 61.8 Å². The fourth-order valence-corrected chi connectivity index (χ4v) is 4.91. The van der Waals surface area contributed by atoms with Gasteiger partial charge in [0.25, 0.3) is 0 Å². The van der Waals surface area contributed by atoms with Gasteiger partial charge in [-0.2, -0.15) is 0 Å². The second-order valence-electron chi connectivity index (χ2n) is 10.5. The molecule has 184 valence electrons. The monoisotopic (exact) mass is 472 g/mol. The van der Waals surface area contributed by atoms with E-state index in [9.17, 15) is 9.90 Å². The molecule has 0 bridgehead atoms. The van der Waals surface area contributed by atoms with Crippen molar-refractivity contribution in [2.45, 2.75) is 60.5 Å². The minimum Gasteiger partial charge on any atom is -0.489 e. The minimum atomic E-state index is -0.834. The molecule has 0 saturated carbocycles. The Morgan fingerprint density at radius 3 is 2.37 bits per heavy atom. The van der Waals surface area contributed by atoms with Crippen LogP contribution < -0.4 is 9.64 Å². The number of ether oxygens (including phenoxy) is 1. The largest absolute Gasteiger partial charge is 0.489 e. The predicted molar refractivity (Wildman–Crippen MR) is 141 cm³/mol. The van der Waals surface area contributed by atoms with Gasteiger partial charge in [0.1, 0.15) is 12.4 Å². The zero-order chi connectivity index (χ0) is 25.2. The molecule has 0 atom stereocenters. The Kier molecular flexibility index (Phi) is 7.15. The van der Waals surface area contributed by atoms with Crippen molar-refractivity contribution in [2.24, 2.45) is 5.41 Å². The van der Waals surface area contributed by atoms with Gasteiger partial charge in [0, 0.05) is 35.6 Å². The van der Waals surface area contributed by atoms with E-state index in [4.69, 9.17) is 9.72 Å². The molecule has 35 heavy (non-hydrogen) atoms. The van der Waals surface area contributed by atoms with Gasteiger partial charge in [-0.15, -0.1) is 0 Å². The van der Waals surface area contributed by atoms with Gasteiger partial charge in [-0.1, -0.05) is 56.3 Å². The molecular weight excluding hydrogens is 436 g/mol. The highest BCUT2D eigenvalue weighted by Gasteiger charge is 2.30. The number of aromatic nitrogens is 1. The van der Waals surface area contributed by atoms with E-state index < -0.39 is 5.97 Å². The maximum Gasteiger partial charge on any atom is 0.307 e. The van der Waals surface area contributed by atoms with Crippen LogP contribution in [0.3, 0.4) is 0 Å². The topological polar surface area (TPSA) is 62.7 Å². The Morgan fingerprint density at radius 1 is 1.03 bits per heavy atom. The number of nitrogens with zero attached hydrogens (tertiary/aromatic N) is 2. The first kappa shape index (κ1) is 24.8. The highest BCUT2D eigenvalue weighted by Crippen LogP contribution is 2.42. The third kappa shape index (κ3) is 5.67. The van der Waals surface area contributed by atoms with Crippen LogP contribution in [0.1, 0.15) is 54.8 Å². The normalized spacial score (nSPS) is 15.2. The van der Waals surface area contributed by atoms with Crippen molar-refractivity contribution in [3.8, 4) is 16.9 Å². The fourth-order valence-electron chi connectivity index (χ4n) is 4.91. The quantitative estimate of drug-likeness (QED) is 0.425. The van der Waals surface area contributed by atoms with E-state index in [-0.39, 0.29) is 6.42 Å². The summed E-state index contributed by atoms with van der Waals surface area (Å²) < 4.78 is 6.23. The number of benzene rings is 2. The molecule has 4 rings (SSSR count). The van der Waals surface area contributed by atoms with Gasteiger partial charge < -0.3 is 14.7 Å². The van der Waals surface area contributed by atoms with E-state index in [1.807, 2.05) is 39.0 Å². The number of carbonyl (C=O) groups is 1. The standard InChI is InChI=1S/C30H36N2O3/c1-20-11-12-24(17-26(20)35-19-23-9-7-6-8-10-23)28-22(3)31-21(2)25(18-27(33)34)29(28)32-15-13-30(4,5)14-16-32/h6-12,17H,13-16,18-19H2,1-5H3,(H,33,34). The van der Waals surface area contributed by atoms with Crippen molar-refractivity contribution >= 4 is 11.7 Å². The number of hydrogen-bond acceptors (Lipinski definition) is 4. The van der Waals surface area contributed by atoms with Crippen molar-refractivity contribution in [3.63, 3.8) is 0 Å². The lowest BCUT2D eigenvalue weighted by molar-refractivity contribution is -0.136. The molecule has 3 aromatic rings. The van der Waals surface area contributed by atoms with Crippen molar-refractivity contribution < 1.29 is 14.6 Å². The van der Waals surface area contributed by atoms with Gasteiger partial charge in [0.05, 0.1) is 12.1 Å². The van der Waals surface area contributed by atoms with Gasteiger partial charge in [-0.3, -0.25) is 9.78 Å². The molecule has 1 saturated heterocycles. The summed E-state index contributed by atoms with van der Waals surface area (Å²) in [6, 6.07) is 16.4. The van der Waals surface area contributed by atoms with Crippen LogP contribution in [-0.2, 0) is 17.8 Å². The molecule has 0 spiro atoms. The number of piperidine rings is 1. The average Bonchev–Trinajstić information content (AvgIpc) is 2.81. The summed E-state index contributed by atoms with van der Waals surface area (Å²) in [6.45, 7) is 12.9. The molecule has 1 N–H and O–H groups in total. The van der Waals surface area contributed by atoms with E-state index in [1.54, 1.807) is 0 Å². The van der Waals surface area contributed by atoms with E-state index in [0.717, 1.165) is 76.6 Å². The number of rotatable bonds is 7. The minimum absolute atomic E-state index is 0.0371. The summed E-state index contributed by atoms with van der Waals surface area (Å²) >= 11 is 0. The van der Waals surface area contributed by atoms with Crippen LogP contribution in [0.5, 0.6) is 5.75 Å². The van der Waals surface area contributed by atoms with Gasteiger partial charge in [-0.25, -0.2) is 0 Å². The van der Waals surface area contributed by atoms with Crippen LogP contribution in [-0.4, -0.2) is 29.1 Å². The molecule has 2 aromatic carbocycles. The third-order valence-electron chi connectivity index (χ3n) is 7.13. The van der Waals surface area contributed by atoms with Crippen molar-refractivity contribution in [3.05, 3.63) is 76.6 Å². The van der Waals surface area contributed by atoms with Gasteiger partial charge in [0.15, 0.2) is 0 Å². The predicted octanol–water partition coefficient (Wildman–Crippen LogP) is 6.51. The highest BCUT2D eigenvalue weighted by atomic mass is 16.5. The number of pyridine rings is 1. The van der Waals surface area contributed by atoms with Gasteiger partial charge >= 0.3 is 5.97 Å². The SMILES string of the molecule is Cc1ccc(-c2c(C)nc(C)c(CC(=O)O)c2N2CCC(C)(C)CC2)cc1OCc1ccccc1. The number of aryl methyl sites for hydroxylation is 3. The lowest BCUT2D eigenvalue weighted by Gasteiger charge is -2.40. The number of anilines is 1. The first-order valence-corrected chi connectivity index (χ1v) is 12.4. The first-order chi connectivity index (χ1) is 16.6. The average molecular weight is 473 g/mol. The summed E-state index contributed by atoms with van der Waals surface area (Å²) in [7, 11) is 0. The van der Waals surface area contributed by atoms with Crippen LogP contribution in [0.25, 0.3) is 11.1 Å². The Morgan fingerprint density at radius 2 is 1.71 bits per heavy atom. The molecule has 1 aliphatic heterocycles. The summed E-state index contributed by atoms with van der Waals surface area (Å²) in [4.78, 5) is 19.0. The van der Waals surface area contributed by atoms with E-state index in [2.05, 4.69) is 49.1 Å². The molecule has 1 aromatic heterocycles. The van der Waals surface area contributed by atoms with Crippen LogP contribution in [0.15, 0.2) is 48.5 Å². The molecule has 5 heteroatoms. The highest BCUT2D eigenvalue weighted by molar-refractivity contribution is 5.87. The summed E-state index contributed by atoms with van der Waals surface area (Å²) in [5, 5.41) is 9.72. The van der Waals surface area contributed by atoms with E-state index >= 15 is 0 Å². The lowest BCUT2D eigenvalue weighted by Crippen LogP contribution is -2.38. The molecule has 0 radical (unpaired) electrons. The smallest absolute Gasteiger partial charge is 0.307 e. The fraction of sp³-hybridized carbons (Fsp3) is 0.400. The van der Waals surface area contributed by atoms with Crippen LogP contribution in [0, 0.1) is 26.2 Å². The maximum atomic E-state index is 11.8. The Bertz CT molecular complexity index is 1210. The summed E-state index contributed by atoms with van der Waals surface area (Å²) in [5.41, 5.74) is 8.03. The zero-order valence-corrected chi connectivity index (χ0v) is 21.5. The molecule has 1 fully saturated rings. The number of carboxylic acids is 1. The second kappa shape index (κ2) is 10.1. The number of carboxylic acid groups (broad SMARTS) is 1. The Hall–Kier alpha value is -3.34. The molecule has 1 aliphatic rings. The third-order valence-corrected chi connectivity index (χ3v) is 7.13. The Balaban J connectivity index is 1.79. The van der Waals surface area contributed by atoms with Crippen LogP contribution in [0.2, 0.25) is 0 Å². The molecule has 0 unspecified atom stereocenters. The Labute approximate surface area is 208 Å². The molecule has 0 amide bonds. The van der Waals surface area contributed by atoms with E-state index in [1.165, 1.54) is 0 Å². The molecular formula is C30H36N2O3. The van der Waals surface area contributed by atoms with Crippen molar-refractivity contribution in [2.75, 3.05) is 18.0 Å². The van der Waals surface area contributed by atoms with E-state index in [0.29, 0.717) is 12.0 Å². The number of hydrogen-bond donors (Lipinski definition) is 1. The summed E-state index contributed by atoms with van der Waals surface area (Å²) in [5.74, 6) is -0.00378. The molecule has 0 aliphatic carbocycles. The van der Waals surface area contributed by atoms with Gasteiger partial charge in [0.2, 0.25) is 0 Å². The number of aliphatic carboxylic acids is 1.